The van der Waals surface area contributed by atoms with Gasteiger partial charge in [0.15, 0.2) is 5.69 Å². The Morgan fingerprint density at radius 2 is 1.46 bits per heavy atom. The summed E-state index contributed by atoms with van der Waals surface area (Å²) in [5, 5.41) is 4.06. The van der Waals surface area contributed by atoms with Crippen molar-refractivity contribution in [3.63, 3.8) is 0 Å². The highest BCUT2D eigenvalue weighted by Crippen LogP contribution is 2.34. The van der Waals surface area contributed by atoms with Gasteiger partial charge in [0.2, 0.25) is 0 Å². The van der Waals surface area contributed by atoms with Crippen molar-refractivity contribution in [1.82, 2.24) is 14.7 Å². The number of hydrogen-bond acceptors (Lipinski definition) is 3. The molecule has 0 radical (unpaired) electrons. The monoisotopic (exact) mass is 519 g/mol. The number of para-hydroxylation sites is 1. The van der Waals surface area contributed by atoms with Gasteiger partial charge in [-0.05, 0) is 61.1 Å². The number of benzene rings is 3. The fraction of sp³-hybridized carbons (Fsp3) is 0.192. The molecule has 0 aliphatic carbocycles. The second-order valence-corrected chi connectivity index (χ2v) is 9.06. The Hall–Kier alpha value is -3.00. The summed E-state index contributed by atoms with van der Waals surface area (Å²) in [6, 6.07) is 21.2. The number of hydrogen-bond donors (Lipinski definition) is 0. The molecule has 0 aliphatic heterocycles. The first kappa shape index (κ1) is 25.1. The summed E-state index contributed by atoms with van der Waals surface area (Å²) in [5.74, 6) is 0.504. The molecule has 0 spiro atoms. The number of rotatable bonds is 7. The van der Waals surface area contributed by atoms with Gasteiger partial charge in [-0.3, -0.25) is 0 Å². The summed E-state index contributed by atoms with van der Waals surface area (Å²) >= 11 is 12.4. The highest BCUT2D eigenvalue weighted by molar-refractivity contribution is 6.37. The van der Waals surface area contributed by atoms with Crippen LogP contribution in [0.3, 0.4) is 0 Å². The third-order valence-electron chi connectivity index (χ3n) is 5.25. The molecule has 3 aromatic carbocycles. The summed E-state index contributed by atoms with van der Waals surface area (Å²) in [7, 11) is 4.04. The van der Waals surface area contributed by atoms with Gasteiger partial charge in [-0.1, -0.05) is 65.7 Å². The third-order valence-corrected chi connectivity index (χ3v) is 5.86. The second kappa shape index (κ2) is 10.3. The highest BCUT2D eigenvalue weighted by atomic mass is 35.5. The van der Waals surface area contributed by atoms with Crippen LogP contribution in [0.25, 0.3) is 16.8 Å². The minimum Gasteiger partial charge on any atom is -0.487 e. The minimum absolute atomic E-state index is 0.160. The van der Waals surface area contributed by atoms with E-state index in [2.05, 4.69) is 34.3 Å². The van der Waals surface area contributed by atoms with E-state index in [1.54, 1.807) is 18.2 Å². The molecular formula is C26H22Cl2F3N3O. The molecule has 0 N–H and O–H groups in total. The first-order chi connectivity index (χ1) is 16.6. The molecule has 182 valence electrons. The van der Waals surface area contributed by atoms with Crippen molar-refractivity contribution in [2.45, 2.75) is 19.3 Å². The second-order valence-electron chi connectivity index (χ2n) is 8.25. The van der Waals surface area contributed by atoms with Gasteiger partial charge >= 0.3 is 6.18 Å². The maximum Gasteiger partial charge on any atom is 0.435 e. The molecule has 0 unspecified atom stereocenters. The first-order valence-corrected chi connectivity index (χ1v) is 11.4. The van der Waals surface area contributed by atoms with E-state index in [1.165, 1.54) is 17.7 Å². The summed E-state index contributed by atoms with van der Waals surface area (Å²) in [4.78, 5) is 2.10. The van der Waals surface area contributed by atoms with Crippen LogP contribution in [0.15, 0.2) is 72.8 Å². The van der Waals surface area contributed by atoms with Crippen molar-refractivity contribution >= 4 is 23.2 Å². The molecule has 4 nitrogen and oxygen atoms in total. The van der Waals surface area contributed by atoms with Gasteiger partial charge < -0.3 is 9.64 Å². The van der Waals surface area contributed by atoms with E-state index in [0.29, 0.717) is 5.75 Å². The van der Waals surface area contributed by atoms with Gasteiger partial charge in [0.25, 0.3) is 0 Å². The third kappa shape index (κ3) is 5.99. The Bertz CT molecular complexity index is 1280. The van der Waals surface area contributed by atoms with Crippen LogP contribution in [-0.4, -0.2) is 28.8 Å². The van der Waals surface area contributed by atoms with Gasteiger partial charge in [0.1, 0.15) is 18.0 Å². The van der Waals surface area contributed by atoms with E-state index in [4.69, 9.17) is 27.9 Å². The quantitative estimate of drug-likeness (QED) is 0.253. The molecule has 35 heavy (non-hydrogen) atoms. The molecule has 0 aliphatic rings. The molecule has 0 bridgehead atoms. The molecule has 0 saturated carbocycles. The average Bonchev–Trinajstić information content (AvgIpc) is 3.22. The average molecular weight is 520 g/mol. The first-order valence-electron chi connectivity index (χ1n) is 10.7. The molecule has 0 amide bonds. The Labute approximate surface area is 211 Å². The zero-order valence-electron chi connectivity index (χ0n) is 19.0. The van der Waals surface area contributed by atoms with Crippen molar-refractivity contribution in [1.29, 1.82) is 0 Å². The normalized spacial score (nSPS) is 11.8. The van der Waals surface area contributed by atoms with E-state index >= 15 is 0 Å². The Morgan fingerprint density at radius 3 is 2.00 bits per heavy atom. The number of aromatic nitrogens is 2. The lowest BCUT2D eigenvalue weighted by atomic mass is 10.0. The zero-order chi connectivity index (χ0) is 25.2. The van der Waals surface area contributed by atoms with E-state index in [9.17, 15) is 13.2 Å². The lowest BCUT2D eigenvalue weighted by Gasteiger charge is -2.12. The Morgan fingerprint density at radius 1 is 0.886 bits per heavy atom. The molecule has 0 fully saturated rings. The standard InChI is InChI=1S/C26H22Cl2F3N3O/c1-33(2)15-17-6-8-18(9-7-17)19-10-12-21(13-11-19)35-16-20-14-24(26(29,30)31)32-34(20)25-22(27)4-3-5-23(25)28/h3-14H,15-16H2,1-2H3. The SMILES string of the molecule is CN(C)Cc1ccc(-c2ccc(OCc3cc(C(F)(F)F)nn3-c3c(Cl)cccc3Cl)cc2)cc1. The van der Waals surface area contributed by atoms with Crippen molar-refractivity contribution in [3.8, 4) is 22.6 Å². The maximum atomic E-state index is 13.4. The van der Waals surface area contributed by atoms with E-state index in [0.717, 1.165) is 28.4 Å². The summed E-state index contributed by atoms with van der Waals surface area (Å²) in [6.07, 6.45) is -4.63. The Balaban J connectivity index is 1.54. The van der Waals surface area contributed by atoms with Crippen LogP contribution in [0, 0.1) is 0 Å². The van der Waals surface area contributed by atoms with Crippen LogP contribution in [0.1, 0.15) is 17.0 Å². The van der Waals surface area contributed by atoms with Crippen molar-refractivity contribution in [3.05, 3.63) is 99.8 Å². The van der Waals surface area contributed by atoms with Crippen molar-refractivity contribution in [2.75, 3.05) is 14.1 Å². The fourth-order valence-corrected chi connectivity index (χ4v) is 4.17. The van der Waals surface area contributed by atoms with Crippen LogP contribution in [0.2, 0.25) is 10.0 Å². The number of halogens is 5. The molecule has 4 rings (SSSR count). The van der Waals surface area contributed by atoms with Gasteiger partial charge in [0.05, 0.1) is 15.7 Å². The number of nitrogens with zero attached hydrogens (tertiary/aromatic N) is 3. The molecule has 9 heteroatoms. The van der Waals surface area contributed by atoms with Gasteiger partial charge in [0, 0.05) is 6.54 Å². The largest absolute Gasteiger partial charge is 0.487 e. The highest BCUT2D eigenvalue weighted by Gasteiger charge is 2.35. The molecule has 4 aromatic rings. The Kier molecular flexibility index (Phi) is 7.40. The fourth-order valence-electron chi connectivity index (χ4n) is 3.61. The summed E-state index contributed by atoms with van der Waals surface area (Å²) in [5.41, 5.74) is 2.54. The maximum absolute atomic E-state index is 13.4. The molecular weight excluding hydrogens is 498 g/mol. The van der Waals surface area contributed by atoms with Crippen LogP contribution in [-0.2, 0) is 19.3 Å². The lowest BCUT2D eigenvalue weighted by Crippen LogP contribution is -2.10. The zero-order valence-corrected chi connectivity index (χ0v) is 20.5. The molecule has 0 atom stereocenters. The van der Waals surface area contributed by atoms with E-state index < -0.39 is 11.9 Å². The van der Waals surface area contributed by atoms with Crippen molar-refractivity contribution < 1.29 is 17.9 Å². The van der Waals surface area contributed by atoms with Crippen LogP contribution in [0.4, 0.5) is 13.2 Å². The minimum atomic E-state index is -4.63. The van der Waals surface area contributed by atoms with Crippen LogP contribution >= 0.6 is 23.2 Å². The molecule has 1 heterocycles. The predicted molar refractivity (Wildman–Crippen MR) is 132 cm³/mol. The van der Waals surface area contributed by atoms with Gasteiger partial charge in [-0.2, -0.15) is 18.3 Å². The van der Waals surface area contributed by atoms with E-state index in [1.807, 2.05) is 26.2 Å². The predicted octanol–water partition coefficient (Wildman–Crippen LogP) is 7.51. The lowest BCUT2D eigenvalue weighted by molar-refractivity contribution is -0.141. The van der Waals surface area contributed by atoms with Crippen molar-refractivity contribution in [2.24, 2.45) is 0 Å². The topological polar surface area (TPSA) is 30.3 Å². The number of alkyl halides is 3. The van der Waals surface area contributed by atoms with Gasteiger partial charge in [-0.25, -0.2) is 4.68 Å². The summed E-state index contributed by atoms with van der Waals surface area (Å²) in [6.45, 7) is 0.697. The van der Waals surface area contributed by atoms with Crippen LogP contribution in [0.5, 0.6) is 5.75 Å². The smallest absolute Gasteiger partial charge is 0.435 e. The summed E-state index contributed by atoms with van der Waals surface area (Å²) < 4.78 is 47.0. The molecule has 1 aromatic heterocycles. The van der Waals surface area contributed by atoms with Crippen LogP contribution < -0.4 is 4.74 Å². The number of ether oxygens (including phenoxy) is 1. The molecule has 0 saturated heterocycles. The van der Waals surface area contributed by atoms with E-state index in [-0.39, 0.29) is 28.0 Å². The van der Waals surface area contributed by atoms with Gasteiger partial charge in [-0.15, -0.1) is 0 Å².